The predicted molar refractivity (Wildman–Crippen MR) is 161 cm³/mol. The van der Waals surface area contributed by atoms with E-state index in [4.69, 9.17) is 0 Å². The van der Waals surface area contributed by atoms with E-state index in [1.54, 1.807) is 0 Å². The number of hydrogen-bond donors (Lipinski definition) is 0. The predicted octanol–water partition coefficient (Wildman–Crippen LogP) is 6.26. The van der Waals surface area contributed by atoms with Crippen LogP contribution in [0.5, 0.6) is 0 Å². The Bertz CT molecular complexity index is 1180. The van der Waals surface area contributed by atoms with Crippen LogP contribution in [-0.2, 0) is 26.2 Å². The number of nitrogens with zero attached hydrogens (tertiary/aromatic N) is 4. The fourth-order valence-corrected chi connectivity index (χ4v) is 5.73. The molecule has 0 saturated carbocycles. The van der Waals surface area contributed by atoms with Gasteiger partial charge in [-0.25, -0.2) is 18.3 Å². The third kappa shape index (κ3) is 9.97. The van der Waals surface area contributed by atoms with Gasteiger partial charge in [-0.2, -0.15) is 0 Å². The van der Waals surface area contributed by atoms with Crippen molar-refractivity contribution in [3.05, 3.63) is 108 Å². The Hall–Kier alpha value is -3.40. The van der Waals surface area contributed by atoms with Crippen molar-refractivity contribution in [3.63, 3.8) is 0 Å². The van der Waals surface area contributed by atoms with Crippen molar-refractivity contribution in [2.75, 3.05) is 0 Å². The maximum atomic E-state index is 2.35. The topological polar surface area (TPSA) is 15.5 Å². The van der Waals surface area contributed by atoms with E-state index in [-0.39, 0.29) is 0 Å². The first kappa shape index (κ1) is 29.6. The zero-order valence-corrected chi connectivity index (χ0v) is 25.4. The monoisotopic (exact) mass is 538 g/mol. The molecule has 0 amide bonds. The van der Waals surface area contributed by atoms with Crippen LogP contribution in [0.25, 0.3) is 11.1 Å². The molecule has 0 aliphatic carbocycles. The smallest absolute Gasteiger partial charge is 0.171 e. The molecule has 0 aliphatic heterocycles. The number of rotatable bonds is 15. The number of aryl methyl sites for hydroxylation is 8. The molecule has 210 valence electrons. The zero-order valence-electron chi connectivity index (χ0n) is 25.4. The largest absolute Gasteiger partial charge is 0.205 e. The lowest BCUT2D eigenvalue weighted by Crippen LogP contribution is -2.34. The van der Waals surface area contributed by atoms with E-state index in [0.717, 1.165) is 26.2 Å². The molecule has 40 heavy (non-hydrogen) atoms. The van der Waals surface area contributed by atoms with Crippen molar-refractivity contribution in [3.8, 4) is 11.1 Å². The van der Waals surface area contributed by atoms with E-state index < -0.39 is 0 Å². The molecule has 4 rings (SSSR count). The van der Waals surface area contributed by atoms with Gasteiger partial charge in [-0.05, 0) is 76.6 Å². The summed E-state index contributed by atoms with van der Waals surface area (Å²) in [6.07, 6.45) is 28.1. The van der Waals surface area contributed by atoms with Crippen molar-refractivity contribution in [2.45, 2.75) is 105 Å². The second-order valence-corrected chi connectivity index (χ2v) is 11.7. The third-order valence-corrected chi connectivity index (χ3v) is 7.67. The summed E-state index contributed by atoms with van der Waals surface area (Å²) in [7, 11) is 0. The maximum absolute atomic E-state index is 2.35. The Labute approximate surface area is 242 Å². The van der Waals surface area contributed by atoms with Crippen LogP contribution in [0, 0.1) is 27.7 Å². The number of pyridine rings is 4. The quantitative estimate of drug-likeness (QED) is 0.125. The first-order valence-corrected chi connectivity index (χ1v) is 15.4. The van der Waals surface area contributed by atoms with E-state index in [2.05, 4.69) is 132 Å². The van der Waals surface area contributed by atoms with Crippen molar-refractivity contribution in [2.24, 2.45) is 0 Å². The molecule has 0 spiro atoms. The summed E-state index contributed by atoms with van der Waals surface area (Å²) in [5.74, 6) is 0. The summed E-state index contributed by atoms with van der Waals surface area (Å²) in [6, 6.07) is 13.5. The highest BCUT2D eigenvalue weighted by molar-refractivity contribution is 5.60. The van der Waals surface area contributed by atoms with Gasteiger partial charge in [-0.3, -0.25) is 0 Å². The first-order chi connectivity index (χ1) is 19.4. The van der Waals surface area contributed by atoms with Crippen molar-refractivity contribution in [1.82, 2.24) is 0 Å². The first-order valence-electron chi connectivity index (χ1n) is 15.4. The molecule has 0 aliphatic rings. The summed E-state index contributed by atoms with van der Waals surface area (Å²) in [4.78, 5) is 0. The summed E-state index contributed by atoms with van der Waals surface area (Å²) >= 11 is 0. The van der Waals surface area contributed by atoms with Crippen LogP contribution >= 0.6 is 0 Å². The number of unbranched alkanes of at least 4 members (excludes halogenated alkanes) is 6. The second-order valence-electron chi connectivity index (χ2n) is 11.7. The van der Waals surface area contributed by atoms with Gasteiger partial charge in [0, 0.05) is 72.2 Å². The molecule has 0 saturated heterocycles. The molecule has 4 aromatic rings. The molecule has 4 nitrogen and oxygen atoms in total. The van der Waals surface area contributed by atoms with Gasteiger partial charge in [0.05, 0.1) is 0 Å². The number of hydrogen-bond acceptors (Lipinski definition) is 0. The summed E-state index contributed by atoms with van der Waals surface area (Å²) in [6.45, 7) is 13.1. The summed E-state index contributed by atoms with van der Waals surface area (Å²) < 4.78 is 9.34. The molecule has 0 N–H and O–H groups in total. The van der Waals surface area contributed by atoms with Gasteiger partial charge >= 0.3 is 0 Å². The number of aromatic nitrogens is 4. The van der Waals surface area contributed by atoms with Gasteiger partial charge < -0.3 is 0 Å². The average Bonchev–Trinajstić information content (AvgIpc) is 2.92. The molecule has 4 heterocycles. The normalized spacial score (nSPS) is 11.2. The van der Waals surface area contributed by atoms with Crippen LogP contribution in [0.1, 0.15) is 73.6 Å². The van der Waals surface area contributed by atoms with Crippen LogP contribution in [0.4, 0.5) is 0 Å². The minimum absolute atomic E-state index is 1.09. The Morgan fingerprint density at radius 2 is 0.650 bits per heavy atom. The van der Waals surface area contributed by atoms with Gasteiger partial charge in [0.2, 0.25) is 0 Å². The lowest BCUT2D eigenvalue weighted by atomic mass is 10.1. The highest BCUT2D eigenvalue weighted by atomic mass is 14.9. The lowest BCUT2D eigenvalue weighted by Gasteiger charge is -2.03. The van der Waals surface area contributed by atoms with Gasteiger partial charge in [-0.1, -0.05) is 0 Å². The minimum atomic E-state index is 1.09. The lowest BCUT2D eigenvalue weighted by molar-refractivity contribution is -0.699. The Balaban J connectivity index is 1.10. The molecule has 4 aromatic heterocycles. The standard InChI is InChI=1S/C36H50N4/c1-31-25-32(2)28-39(27-31)19-11-7-5-9-17-37-21-13-35(14-22-37)36-15-23-38(24-16-36)18-10-6-8-12-20-40-29-33(3)26-34(4)30-40/h13-16,21-30H,5-12,17-20H2,1-4H3/q+4. The third-order valence-electron chi connectivity index (χ3n) is 7.67. The van der Waals surface area contributed by atoms with Crippen LogP contribution in [-0.4, -0.2) is 0 Å². The summed E-state index contributed by atoms with van der Waals surface area (Å²) in [5.41, 5.74) is 7.97. The van der Waals surface area contributed by atoms with Crippen molar-refractivity contribution >= 4 is 0 Å². The van der Waals surface area contributed by atoms with E-state index >= 15 is 0 Å². The van der Waals surface area contributed by atoms with E-state index in [0.29, 0.717) is 0 Å². The van der Waals surface area contributed by atoms with Crippen molar-refractivity contribution in [1.29, 1.82) is 0 Å². The Morgan fingerprint density at radius 1 is 0.375 bits per heavy atom. The fourth-order valence-electron chi connectivity index (χ4n) is 5.73. The van der Waals surface area contributed by atoms with Crippen LogP contribution in [0.15, 0.2) is 86.0 Å². The zero-order chi connectivity index (χ0) is 28.2. The average molecular weight is 539 g/mol. The van der Waals surface area contributed by atoms with Crippen molar-refractivity contribution < 1.29 is 18.3 Å². The van der Waals surface area contributed by atoms with Gasteiger partial charge in [0.1, 0.15) is 26.2 Å². The molecule has 0 bridgehead atoms. The molecule has 4 heteroatoms. The minimum Gasteiger partial charge on any atom is -0.205 e. The molecule has 0 atom stereocenters. The molecular formula is C36H50N4+4. The molecule has 0 radical (unpaired) electrons. The molecule has 0 fully saturated rings. The van der Waals surface area contributed by atoms with Gasteiger partial charge in [0.25, 0.3) is 0 Å². The molecule has 0 unspecified atom stereocenters. The molecule has 0 aromatic carbocycles. The van der Waals surface area contributed by atoms with E-state index in [9.17, 15) is 0 Å². The molecular weight excluding hydrogens is 488 g/mol. The second kappa shape index (κ2) is 15.4. The van der Waals surface area contributed by atoms with Crippen LogP contribution in [0.3, 0.4) is 0 Å². The Morgan fingerprint density at radius 3 is 0.950 bits per heavy atom. The van der Waals surface area contributed by atoms with E-state index in [1.807, 2.05) is 0 Å². The maximum Gasteiger partial charge on any atom is 0.171 e. The van der Waals surface area contributed by atoms with Gasteiger partial charge in [0.15, 0.2) is 49.6 Å². The van der Waals surface area contributed by atoms with Crippen LogP contribution < -0.4 is 18.3 Å². The van der Waals surface area contributed by atoms with E-state index in [1.165, 1.54) is 84.7 Å². The fraction of sp³-hybridized carbons (Fsp3) is 0.444. The highest BCUT2D eigenvalue weighted by Gasteiger charge is 2.08. The van der Waals surface area contributed by atoms with Gasteiger partial charge in [-0.15, -0.1) is 0 Å². The Kier molecular flexibility index (Phi) is 11.4. The highest BCUT2D eigenvalue weighted by Crippen LogP contribution is 2.16. The SMILES string of the molecule is Cc1cc(C)c[n+](CCCCCC[n+]2ccc(-c3cc[n+](CCCCCC[n+]4cc(C)cc(C)c4)cc3)cc2)c1. The summed E-state index contributed by atoms with van der Waals surface area (Å²) in [5, 5.41) is 0. The van der Waals surface area contributed by atoms with Crippen LogP contribution in [0.2, 0.25) is 0 Å².